The van der Waals surface area contributed by atoms with Crippen molar-refractivity contribution in [2.24, 2.45) is 0 Å². The highest BCUT2D eigenvalue weighted by Gasteiger charge is 2.31. The first kappa shape index (κ1) is 21.4. The fourth-order valence-corrected chi connectivity index (χ4v) is 2.96. The molecule has 3 amide bonds. The van der Waals surface area contributed by atoms with Gasteiger partial charge in [0.25, 0.3) is 0 Å². The number of anilines is 1. The van der Waals surface area contributed by atoms with Crippen LogP contribution >= 0.6 is 11.3 Å². The van der Waals surface area contributed by atoms with Crippen LogP contribution in [0.2, 0.25) is 0 Å². The molecule has 0 saturated heterocycles. The molecule has 152 valence electrons. The zero-order valence-corrected chi connectivity index (χ0v) is 15.7. The second-order valence-corrected chi connectivity index (χ2v) is 6.66. The summed E-state index contributed by atoms with van der Waals surface area (Å²) in [7, 11) is 1.40. The Kier molecular flexibility index (Phi) is 6.78. The summed E-state index contributed by atoms with van der Waals surface area (Å²) < 4.78 is 41.1. The Morgan fingerprint density at radius 3 is 2.61 bits per heavy atom. The first-order valence-electron chi connectivity index (χ1n) is 8.04. The molecule has 1 aromatic heterocycles. The van der Waals surface area contributed by atoms with E-state index in [0.29, 0.717) is 10.2 Å². The number of ether oxygens (including phenoxy) is 1. The Labute approximate surface area is 161 Å². The molecule has 1 heterocycles. The first-order chi connectivity index (χ1) is 13.1. The third-order valence-corrected chi connectivity index (χ3v) is 4.34. The van der Waals surface area contributed by atoms with Crippen LogP contribution in [0.15, 0.2) is 18.2 Å². The minimum absolute atomic E-state index is 0.171. The predicted octanol–water partition coefficient (Wildman–Crippen LogP) is 2.12. The van der Waals surface area contributed by atoms with Crippen LogP contribution in [0, 0.1) is 0 Å². The van der Waals surface area contributed by atoms with E-state index in [0.717, 1.165) is 22.3 Å². The number of nitrogens with one attached hydrogen (secondary N) is 2. The van der Waals surface area contributed by atoms with Crippen LogP contribution in [0.1, 0.15) is 13.3 Å². The Morgan fingerprint density at radius 2 is 1.96 bits per heavy atom. The zero-order valence-electron chi connectivity index (χ0n) is 14.9. The predicted molar refractivity (Wildman–Crippen MR) is 95.9 cm³/mol. The minimum Gasteiger partial charge on any atom is -0.406 e. The number of nitrogens with zero attached hydrogens (tertiary/aromatic N) is 2. The number of carbonyl (C=O) groups excluding carboxylic acids is 3. The number of likely N-dealkylation sites (N-methyl/N-ethyl adjacent to an activating group) is 1. The van der Waals surface area contributed by atoms with Gasteiger partial charge in [0.15, 0.2) is 5.13 Å². The maximum absolute atomic E-state index is 12.3. The lowest BCUT2D eigenvalue weighted by Crippen LogP contribution is -2.41. The molecule has 0 aliphatic heterocycles. The van der Waals surface area contributed by atoms with Crippen molar-refractivity contribution in [2.75, 3.05) is 25.5 Å². The van der Waals surface area contributed by atoms with E-state index in [-0.39, 0.29) is 36.3 Å². The van der Waals surface area contributed by atoms with Gasteiger partial charge in [0.2, 0.25) is 17.7 Å². The molecular weight excluding hydrogens is 401 g/mol. The molecule has 2 N–H and O–H groups in total. The molecule has 0 saturated carbocycles. The van der Waals surface area contributed by atoms with E-state index in [2.05, 4.69) is 20.4 Å². The molecule has 0 radical (unpaired) electrons. The summed E-state index contributed by atoms with van der Waals surface area (Å²) in [5.74, 6) is -1.66. The third kappa shape index (κ3) is 6.37. The van der Waals surface area contributed by atoms with Gasteiger partial charge in [-0.05, 0) is 12.1 Å². The van der Waals surface area contributed by atoms with Crippen molar-refractivity contribution in [3.05, 3.63) is 18.2 Å². The Bertz CT molecular complexity index is 884. The molecule has 0 aliphatic carbocycles. The fraction of sp³-hybridized carbons (Fsp3) is 0.375. The lowest BCUT2D eigenvalue weighted by atomic mass is 10.3. The van der Waals surface area contributed by atoms with Crippen LogP contribution < -0.4 is 15.4 Å². The van der Waals surface area contributed by atoms with Crippen molar-refractivity contribution >= 4 is 44.4 Å². The minimum atomic E-state index is -4.80. The molecule has 2 rings (SSSR count). The van der Waals surface area contributed by atoms with Crippen LogP contribution in [0.4, 0.5) is 18.3 Å². The maximum atomic E-state index is 12.3. The van der Waals surface area contributed by atoms with Gasteiger partial charge < -0.3 is 20.3 Å². The summed E-state index contributed by atoms with van der Waals surface area (Å²) in [4.78, 5) is 40.3. The van der Waals surface area contributed by atoms with E-state index in [4.69, 9.17) is 0 Å². The number of hydrogen-bond acceptors (Lipinski definition) is 6. The molecular formula is C16H17F3N4O4S. The van der Waals surface area contributed by atoms with Crippen LogP contribution in [-0.4, -0.2) is 54.1 Å². The average Bonchev–Trinajstić information content (AvgIpc) is 2.98. The highest BCUT2D eigenvalue weighted by atomic mass is 32.1. The summed E-state index contributed by atoms with van der Waals surface area (Å²) in [5, 5.41) is 5.07. The number of fused-ring (bicyclic) bond motifs is 1. The topological polar surface area (TPSA) is 101 Å². The van der Waals surface area contributed by atoms with Crippen LogP contribution in [0.3, 0.4) is 0 Å². The quantitative estimate of drug-likeness (QED) is 0.718. The van der Waals surface area contributed by atoms with E-state index in [1.54, 1.807) is 6.92 Å². The number of thiazole rings is 1. The molecule has 0 aliphatic rings. The molecule has 12 heteroatoms. The van der Waals surface area contributed by atoms with E-state index in [1.165, 1.54) is 19.2 Å². The van der Waals surface area contributed by atoms with Crippen molar-refractivity contribution in [3.63, 3.8) is 0 Å². The molecule has 0 bridgehead atoms. The summed E-state index contributed by atoms with van der Waals surface area (Å²) >= 11 is 0.968. The van der Waals surface area contributed by atoms with Crippen molar-refractivity contribution in [2.45, 2.75) is 19.7 Å². The van der Waals surface area contributed by atoms with Crippen LogP contribution in [0.25, 0.3) is 10.2 Å². The lowest BCUT2D eigenvalue weighted by Gasteiger charge is -2.16. The molecule has 1 aromatic carbocycles. The van der Waals surface area contributed by atoms with Gasteiger partial charge in [-0.15, -0.1) is 13.2 Å². The monoisotopic (exact) mass is 418 g/mol. The van der Waals surface area contributed by atoms with Gasteiger partial charge in [0, 0.05) is 19.5 Å². The van der Waals surface area contributed by atoms with E-state index in [9.17, 15) is 27.6 Å². The van der Waals surface area contributed by atoms with Gasteiger partial charge in [-0.3, -0.25) is 14.4 Å². The van der Waals surface area contributed by atoms with Gasteiger partial charge >= 0.3 is 6.36 Å². The Morgan fingerprint density at radius 1 is 1.25 bits per heavy atom. The van der Waals surface area contributed by atoms with Crippen molar-refractivity contribution in [3.8, 4) is 5.75 Å². The summed E-state index contributed by atoms with van der Waals surface area (Å²) in [6.45, 7) is 1.14. The Hall–Kier alpha value is -2.89. The van der Waals surface area contributed by atoms with Crippen LogP contribution in [-0.2, 0) is 14.4 Å². The second kappa shape index (κ2) is 8.87. The van der Waals surface area contributed by atoms with Crippen molar-refractivity contribution in [1.29, 1.82) is 0 Å². The molecule has 2 aromatic rings. The molecule has 0 atom stereocenters. The molecule has 0 fully saturated rings. The standard InChI is InChI=1S/C16H17F3N4O4S/c1-3-12(24)20-7-14(26)23(2)8-13(25)22-15-21-10-5-4-9(6-11(10)28-15)27-16(17,18)19/h4-6H,3,7-8H2,1-2H3,(H,20,24)(H,21,22,25). The third-order valence-electron chi connectivity index (χ3n) is 3.40. The van der Waals surface area contributed by atoms with Gasteiger partial charge in [0.05, 0.1) is 23.3 Å². The first-order valence-corrected chi connectivity index (χ1v) is 8.86. The number of aromatic nitrogens is 1. The molecule has 28 heavy (non-hydrogen) atoms. The molecule has 0 spiro atoms. The zero-order chi connectivity index (χ0) is 20.9. The molecule has 8 nitrogen and oxygen atoms in total. The summed E-state index contributed by atoms with van der Waals surface area (Å²) in [5.41, 5.74) is 0.390. The van der Waals surface area contributed by atoms with E-state index < -0.39 is 18.2 Å². The number of halogens is 3. The Balaban J connectivity index is 1.95. The number of hydrogen-bond donors (Lipinski definition) is 2. The molecule has 0 unspecified atom stereocenters. The van der Waals surface area contributed by atoms with Crippen molar-refractivity contribution < 1.29 is 32.3 Å². The number of amides is 3. The second-order valence-electron chi connectivity index (χ2n) is 5.62. The highest BCUT2D eigenvalue weighted by molar-refractivity contribution is 7.22. The maximum Gasteiger partial charge on any atom is 0.573 e. The summed E-state index contributed by atoms with van der Waals surface area (Å²) in [6.07, 6.45) is -4.56. The number of alkyl halides is 3. The normalized spacial score (nSPS) is 11.2. The number of rotatable bonds is 7. The van der Waals surface area contributed by atoms with E-state index in [1.807, 2.05) is 0 Å². The van der Waals surface area contributed by atoms with Gasteiger partial charge in [-0.25, -0.2) is 4.98 Å². The lowest BCUT2D eigenvalue weighted by molar-refractivity contribution is -0.274. The van der Waals surface area contributed by atoms with Crippen molar-refractivity contribution in [1.82, 2.24) is 15.2 Å². The average molecular weight is 418 g/mol. The summed E-state index contributed by atoms with van der Waals surface area (Å²) in [6, 6.07) is 3.63. The fourth-order valence-electron chi connectivity index (χ4n) is 2.05. The van der Waals surface area contributed by atoms with Gasteiger partial charge in [0.1, 0.15) is 5.75 Å². The smallest absolute Gasteiger partial charge is 0.406 e. The van der Waals surface area contributed by atoms with E-state index >= 15 is 0 Å². The number of benzene rings is 1. The highest BCUT2D eigenvalue weighted by Crippen LogP contribution is 2.31. The number of carbonyl (C=O) groups is 3. The van der Waals surface area contributed by atoms with Gasteiger partial charge in [-0.1, -0.05) is 18.3 Å². The van der Waals surface area contributed by atoms with Crippen LogP contribution in [0.5, 0.6) is 5.75 Å². The van der Waals surface area contributed by atoms with Gasteiger partial charge in [-0.2, -0.15) is 0 Å². The SMILES string of the molecule is CCC(=O)NCC(=O)N(C)CC(=O)Nc1nc2ccc(OC(F)(F)F)cc2s1. The largest absolute Gasteiger partial charge is 0.573 e.